The minimum absolute atomic E-state index is 1.08. The summed E-state index contributed by atoms with van der Waals surface area (Å²) in [6.45, 7) is 0. The van der Waals surface area contributed by atoms with Crippen LogP contribution in [-0.2, 0) is 8.86 Å². The Bertz CT molecular complexity index is 398. The monoisotopic (exact) mass is 434 g/mol. The van der Waals surface area contributed by atoms with E-state index in [1.165, 1.54) is 22.3 Å². The molecule has 82 valence electrons. The fourth-order valence-electron chi connectivity index (χ4n) is 1.57. The number of alkyl halides is 2. The Labute approximate surface area is 124 Å². The van der Waals surface area contributed by atoms with E-state index < -0.39 is 0 Å². The average Bonchev–Trinajstić information content (AvgIpc) is 2.39. The molecule has 0 saturated heterocycles. The van der Waals surface area contributed by atoms with Gasteiger partial charge in [-0.1, -0.05) is 93.7 Å². The van der Waals surface area contributed by atoms with E-state index in [2.05, 4.69) is 93.7 Å². The van der Waals surface area contributed by atoms with Gasteiger partial charge in [0.1, 0.15) is 0 Å². The molecule has 0 atom stereocenters. The van der Waals surface area contributed by atoms with Crippen LogP contribution in [0.15, 0.2) is 48.5 Å². The summed E-state index contributed by atoms with van der Waals surface area (Å²) in [4.78, 5) is 0. The fraction of sp³-hybridized carbons (Fsp3) is 0.143. The Balaban J connectivity index is 2.28. The van der Waals surface area contributed by atoms with Gasteiger partial charge in [0.15, 0.2) is 0 Å². The van der Waals surface area contributed by atoms with E-state index in [4.69, 9.17) is 0 Å². The summed E-state index contributed by atoms with van der Waals surface area (Å²) < 4.78 is 2.15. The molecule has 0 spiro atoms. The van der Waals surface area contributed by atoms with Crippen LogP contribution in [0.3, 0.4) is 0 Å². The Morgan fingerprint density at radius 3 is 1.12 bits per heavy atom. The zero-order valence-electron chi connectivity index (χ0n) is 8.79. The van der Waals surface area contributed by atoms with Crippen LogP contribution in [0.25, 0.3) is 11.1 Å². The predicted octanol–water partition coefficient (Wildman–Crippen LogP) is 5.22. The smallest absolute Gasteiger partial charge is 0.0247 e. The zero-order chi connectivity index (χ0) is 11.4. The van der Waals surface area contributed by atoms with Gasteiger partial charge in [-0.05, 0) is 22.3 Å². The topological polar surface area (TPSA) is 0 Å². The van der Waals surface area contributed by atoms with Crippen molar-refractivity contribution < 1.29 is 0 Å². The van der Waals surface area contributed by atoms with Gasteiger partial charge in [-0.15, -0.1) is 0 Å². The molecular formula is C14H12I2. The molecule has 0 aliphatic rings. The molecule has 16 heavy (non-hydrogen) atoms. The second kappa shape index (κ2) is 6.00. The van der Waals surface area contributed by atoms with Crippen molar-refractivity contribution >= 4 is 45.2 Å². The van der Waals surface area contributed by atoms with Crippen LogP contribution in [0.5, 0.6) is 0 Å². The molecule has 0 heterocycles. The lowest BCUT2D eigenvalue weighted by atomic mass is 10.0. The molecule has 0 aliphatic carbocycles. The van der Waals surface area contributed by atoms with E-state index in [0.717, 1.165) is 8.86 Å². The SMILES string of the molecule is ICc1ccc(-c2ccc(CI)cc2)cc1. The summed E-state index contributed by atoms with van der Waals surface area (Å²) in [6, 6.07) is 17.6. The predicted molar refractivity (Wildman–Crippen MR) is 87.3 cm³/mol. The highest BCUT2D eigenvalue weighted by atomic mass is 127. The van der Waals surface area contributed by atoms with Crippen molar-refractivity contribution in [1.82, 2.24) is 0 Å². The van der Waals surface area contributed by atoms with Gasteiger partial charge < -0.3 is 0 Å². The van der Waals surface area contributed by atoms with E-state index in [1.54, 1.807) is 0 Å². The first-order valence-corrected chi connectivity index (χ1v) is 8.19. The number of hydrogen-bond acceptors (Lipinski definition) is 0. The van der Waals surface area contributed by atoms with Crippen molar-refractivity contribution in [3.8, 4) is 11.1 Å². The molecule has 2 rings (SSSR count). The second-order valence-corrected chi connectivity index (χ2v) is 5.19. The molecule has 2 heteroatoms. The molecule has 0 aromatic heterocycles. The molecule has 0 radical (unpaired) electrons. The van der Waals surface area contributed by atoms with Crippen molar-refractivity contribution in [1.29, 1.82) is 0 Å². The van der Waals surface area contributed by atoms with Crippen LogP contribution in [0.2, 0.25) is 0 Å². The van der Waals surface area contributed by atoms with Crippen LogP contribution in [0, 0.1) is 0 Å². The van der Waals surface area contributed by atoms with Crippen molar-refractivity contribution in [2.75, 3.05) is 0 Å². The van der Waals surface area contributed by atoms with Crippen LogP contribution >= 0.6 is 45.2 Å². The maximum atomic E-state index is 2.39. The Hall–Kier alpha value is -0.100. The van der Waals surface area contributed by atoms with E-state index in [1.807, 2.05) is 0 Å². The molecule has 2 aromatic rings. The zero-order valence-corrected chi connectivity index (χ0v) is 13.1. The lowest BCUT2D eigenvalue weighted by molar-refractivity contribution is 1.43. The standard InChI is InChI=1S/C14H12I2/c15-9-11-1-5-13(6-2-11)14-7-3-12(10-16)4-8-14/h1-8H,9-10H2. The summed E-state index contributed by atoms with van der Waals surface area (Å²) in [6.07, 6.45) is 0. The van der Waals surface area contributed by atoms with Crippen molar-refractivity contribution in [3.63, 3.8) is 0 Å². The van der Waals surface area contributed by atoms with Gasteiger partial charge in [0, 0.05) is 8.86 Å². The maximum absolute atomic E-state index is 2.39. The third-order valence-corrected chi connectivity index (χ3v) is 4.31. The summed E-state index contributed by atoms with van der Waals surface area (Å²) >= 11 is 4.78. The summed E-state index contributed by atoms with van der Waals surface area (Å²) in [5, 5.41) is 0. The lowest BCUT2D eigenvalue weighted by Crippen LogP contribution is -1.81. The van der Waals surface area contributed by atoms with E-state index in [9.17, 15) is 0 Å². The molecule has 0 N–H and O–H groups in total. The average molecular weight is 434 g/mol. The third kappa shape index (κ3) is 2.97. The maximum Gasteiger partial charge on any atom is 0.0247 e. The highest BCUT2D eigenvalue weighted by Gasteiger charge is 1.98. The summed E-state index contributed by atoms with van der Waals surface area (Å²) in [5.41, 5.74) is 5.36. The fourth-order valence-corrected chi connectivity index (χ4v) is 2.59. The van der Waals surface area contributed by atoms with Crippen LogP contribution in [0.4, 0.5) is 0 Å². The highest BCUT2D eigenvalue weighted by molar-refractivity contribution is 14.1. The van der Waals surface area contributed by atoms with Crippen molar-refractivity contribution in [2.24, 2.45) is 0 Å². The van der Waals surface area contributed by atoms with Crippen molar-refractivity contribution in [2.45, 2.75) is 8.86 Å². The van der Waals surface area contributed by atoms with E-state index in [-0.39, 0.29) is 0 Å². The minimum atomic E-state index is 1.08. The number of benzene rings is 2. The number of hydrogen-bond donors (Lipinski definition) is 0. The van der Waals surface area contributed by atoms with Gasteiger partial charge in [0.2, 0.25) is 0 Å². The molecule has 0 amide bonds. The van der Waals surface area contributed by atoms with Crippen LogP contribution < -0.4 is 0 Å². The first kappa shape index (κ1) is 12.4. The third-order valence-electron chi connectivity index (χ3n) is 2.55. The quantitative estimate of drug-likeness (QED) is 0.459. The lowest BCUT2D eigenvalue weighted by Gasteiger charge is -2.03. The normalized spacial score (nSPS) is 10.4. The molecule has 0 aliphatic heterocycles. The molecule has 0 unspecified atom stereocenters. The molecule has 0 bridgehead atoms. The van der Waals surface area contributed by atoms with Gasteiger partial charge in [-0.3, -0.25) is 0 Å². The minimum Gasteiger partial charge on any atom is -0.0812 e. The molecular weight excluding hydrogens is 422 g/mol. The molecule has 0 nitrogen and oxygen atoms in total. The second-order valence-electron chi connectivity index (χ2n) is 3.66. The van der Waals surface area contributed by atoms with Gasteiger partial charge >= 0.3 is 0 Å². The summed E-state index contributed by atoms with van der Waals surface area (Å²) in [5.74, 6) is 0. The van der Waals surface area contributed by atoms with E-state index in [0.29, 0.717) is 0 Å². The van der Waals surface area contributed by atoms with Crippen LogP contribution in [-0.4, -0.2) is 0 Å². The van der Waals surface area contributed by atoms with E-state index >= 15 is 0 Å². The van der Waals surface area contributed by atoms with Gasteiger partial charge in [0.05, 0.1) is 0 Å². The van der Waals surface area contributed by atoms with Gasteiger partial charge in [-0.2, -0.15) is 0 Å². The molecule has 0 fully saturated rings. The number of halogens is 2. The van der Waals surface area contributed by atoms with Gasteiger partial charge in [0.25, 0.3) is 0 Å². The van der Waals surface area contributed by atoms with Gasteiger partial charge in [-0.25, -0.2) is 0 Å². The highest BCUT2D eigenvalue weighted by Crippen LogP contribution is 2.21. The Morgan fingerprint density at radius 2 is 0.875 bits per heavy atom. The first-order chi connectivity index (χ1) is 7.83. The molecule has 0 saturated carbocycles. The largest absolute Gasteiger partial charge is 0.0812 e. The first-order valence-electron chi connectivity index (χ1n) is 5.13. The van der Waals surface area contributed by atoms with Crippen LogP contribution in [0.1, 0.15) is 11.1 Å². The Kier molecular flexibility index (Phi) is 4.64. The summed E-state index contributed by atoms with van der Waals surface area (Å²) in [7, 11) is 0. The number of rotatable bonds is 3. The van der Waals surface area contributed by atoms with Crippen molar-refractivity contribution in [3.05, 3.63) is 59.7 Å². The molecule has 2 aromatic carbocycles. The Morgan fingerprint density at radius 1 is 0.562 bits per heavy atom.